The van der Waals surface area contributed by atoms with Crippen molar-refractivity contribution in [1.82, 2.24) is 5.32 Å². The van der Waals surface area contributed by atoms with Crippen molar-refractivity contribution in [3.8, 4) is 5.75 Å². The third-order valence-corrected chi connectivity index (χ3v) is 5.88. The molecule has 0 fully saturated rings. The highest BCUT2D eigenvalue weighted by Crippen LogP contribution is 2.32. The number of hydrogen-bond donors (Lipinski definition) is 3. The molecule has 0 spiro atoms. The second-order valence-corrected chi connectivity index (χ2v) is 8.17. The van der Waals surface area contributed by atoms with E-state index in [0.717, 1.165) is 10.9 Å². The first-order valence-electron chi connectivity index (χ1n) is 10.4. The van der Waals surface area contributed by atoms with Gasteiger partial charge in [-0.05, 0) is 55.7 Å². The van der Waals surface area contributed by atoms with Crippen LogP contribution in [0.4, 0.5) is 0 Å². The Morgan fingerprint density at radius 2 is 1.73 bits per heavy atom. The Kier molecular flexibility index (Phi) is 5.68. The van der Waals surface area contributed by atoms with Crippen molar-refractivity contribution in [2.24, 2.45) is 0 Å². The number of rotatable bonds is 6. The van der Waals surface area contributed by atoms with Crippen molar-refractivity contribution >= 4 is 33.8 Å². The van der Waals surface area contributed by atoms with E-state index in [9.17, 15) is 24.6 Å². The van der Waals surface area contributed by atoms with Gasteiger partial charge in [0.1, 0.15) is 23.0 Å². The maximum Gasteiger partial charge on any atom is 0.340 e. The minimum Gasteiger partial charge on any atom is -0.508 e. The zero-order valence-electron chi connectivity index (χ0n) is 18.4. The van der Waals surface area contributed by atoms with Gasteiger partial charge in [-0.3, -0.25) is 4.79 Å². The first kappa shape index (κ1) is 22.1. The van der Waals surface area contributed by atoms with Gasteiger partial charge in [0.05, 0.1) is 18.2 Å². The molecule has 0 bridgehead atoms. The molecule has 2 aromatic heterocycles. The lowest BCUT2D eigenvalue weighted by atomic mass is 9.99. The summed E-state index contributed by atoms with van der Waals surface area (Å²) in [5, 5.41) is 23.0. The Balaban J connectivity index is 1.63. The van der Waals surface area contributed by atoms with E-state index in [-0.39, 0.29) is 24.2 Å². The lowest BCUT2D eigenvalue weighted by Crippen LogP contribution is -2.43. The van der Waals surface area contributed by atoms with Gasteiger partial charge >= 0.3 is 11.6 Å². The number of fused-ring (bicyclic) bond motifs is 2. The summed E-state index contributed by atoms with van der Waals surface area (Å²) in [6.45, 7) is 5.47. The van der Waals surface area contributed by atoms with Gasteiger partial charge in [0.25, 0.3) is 0 Å². The molecule has 2 heterocycles. The first-order valence-corrected chi connectivity index (χ1v) is 10.4. The van der Waals surface area contributed by atoms with Gasteiger partial charge in [-0.2, -0.15) is 0 Å². The van der Waals surface area contributed by atoms with E-state index >= 15 is 0 Å². The highest BCUT2D eigenvalue weighted by Gasteiger charge is 2.23. The van der Waals surface area contributed by atoms with Crippen LogP contribution in [-0.2, 0) is 22.4 Å². The van der Waals surface area contributed by atoms with Gasteiger partial charge in [0.15, 0.2) is 0 Å². The maximum atomic E-state index is 12.7. The largest absolute Gasteiger partial charge is 0.508 e. The number of phenolic OH excluding ortho intramolecular Hbond substituents is 1. The van der Waals surface area contributed by atoms with Crippen LogP contribution in [0.25, 0.3) is 21.9 Å². The molecule has 4 aromatic rings. The average Bonchev–Trinajstić information content (AvgIpc) is 3.14. The predicted molar refractivity (Wildman–Crippen MR) is 122 cm³/mol. The van der Waals surface area contributed by atoms with Crippen LogP contribution < -0.4 is 10.9 Å². The molecule has 0 unspecified atom stereocenters. The summed E-state index contributed by atoms with van der Waals surface area (Å²) in [5.41, 5.74) is 3.46. The molecule has 0 radical (unpaired) electrons. The van der Waals surface area contributed by atoms with Crippen LogP contribution in [0, 0.1) is 20.8 Å². The van der Waals surface area contributed by atoms with E-state index in [4.69, 9.17) is 8.83 Å². The number of nitrogens with one attached hydrogen (secondary N) is 1. The molecule has 170 valence electrons. The topological polar surface area (TPSA) is 130 Å². The molecule has 0 saturated heterocycles. The second kappa shape index (κ2) is 8.46. The quantitative estimate of drug-likeness (QED) is 0.384. The fourth-order valence-electron chi connectivity index (χ4n) is 4.00. The molecule has 0 saturated carbocycles. The minimum atomic E-state index is -1.20. The molecule has 8 nitrogen and oxygen atoms in total. The second-order valence-electron chi connectivity index (χ2n) is 8.17. The van der Waals surface area contributed by atoms with E-state index in [1.54, 1.807) is 25.3 Å². The zero-order chi connectivity index (χ0) is 23.9. The average molecular weight is 449 g/mol. The van der Waals surface area contributed by atoms with Gasteiger partial charge in [-0.25, -0.2) is 9.59 Å². The Hall–Kier alpha value is -4.07. The third-order valence-electron chi connectivity index (χ3n) is 5.88. The summed E-state index contributed by atoms with van der Waals surface area (Å²) >= 11 is 0. The molecule has 0 aliphatic rings. The number of aryl methyl sites for hydroxylation is 3. The number of furan rings is 1. The number of carbonyl (C=O) groups is 2. The summed E-state index contributed by atoms with van der Waals surface area (Å²) in [6, 6.07) is 6.74. The number of hydrogen-bond acceptors (Lipinski definition) is 6. The Labute approximate surface area is 188 Å². The smallest absolute Gasteiger partial charge is 0.340 e. The lowest BCUT2D eigenvalue weighted by molar-refractivity contribution is -0.141. The molecule has 4 rings (SSSR count). The van der Waals surface area contributed by atoms with Gasteiger partial charge in [0.2, 0.25) is 5.91 Å². The van der Waals surface area contributed by atoms with Crippen molar-refractivity contribution in [2.75, 3.05) is 0 Å². The number of benzene rings is 2. The van der Waals surface area contributed by atoms with E-state index in [1.807, 2.05) is 19.9 Å². The minimum absolute atomic E-state index is 0.0314. The SMILES string of the molecule is Cc1coc2c(C)c3oc(=O)c(CC(=O)N[C@H](Cc4ccc(O)cc4)C(=O)O)c(C)c3cc12. The molecule has 2 aromatic carbocycles. The monoisotopic (exact) mass is 449 g/mol. The Bertz CT molecular complexity index is 1440. The van der Waals surface area contributed by atoms with Crippen LogP contribution >= 0.6 is 0 Å². The van der Waals surface area contributed by atoms with E-state index in [2.05, 4.69) is 5.32 Å². The van der Waals surface area contributed by atoms with Gasteiger partial charge in [0, 0.05) is 22.8 Å². The summed E-state index contributed by atoms with van der Waals surface area (Å²) in [6.07, 6.45) is 1.35. The number of phenols is 1. The summed E-state index contributed by atoms with van der Waals surface area (Å²) in [5.74, 6) is -1.74. The number of aromatic hydroxyl groups is 1. The molecule has 1 amide bonds. The standard InChI is InChI=1S/C25H23NO7/c1-12-11-32-22-14(3)23-18(9-17(12)22)13(2)19(25(31)33-23)10-21(28)26-20(24(29)30)8-15-4-6-16(27)7-5-15/h4-7,9,11,20,27H,8,10H2,1-3H3,(H,26,28)(H,29,30)/t20-/m1/s1. The number of amides is 1. The molecular formula is C25H23NO7. The highest BCUT2D eigenvalue weighted by atomic mass is 16.4. The fourth-order valence-corrected chi connectivity index (χ4v) is 4.00. The van der Waals surface area contributed by atoms with E-state index < -0.39 is 23.5 Å². The molecule has 0 aliphatic heterocycles. The normalized spacial score (nSPS) is 12.2. The lowest BCUT2D eigenvalue weighted by Gasteiger charge is -2.15. The molecule has 33 heavy (non-hydrogen) atoms. The fraction of sp³-hybridized carbons (Fsp3) is 0.240. The van der Waals surface area contributed by atoms with Crippen molar-refractivity contribution in [3.63, 3.8) is 0 Å². The zero-order valence-corrected chi connectivity index (χ0v) is 18.4. The molecule has 8 heteroatoms. The van der Waals surface area contributed by atoms with E-state index in [1.165, 1.54) is 12.1 Å². The van der Waals surface area contributed by atoms with Gasteiger partial charge in [-0.1, -0.05) is 12.1 Å². The van der Waals surface area contributed by atoms with Gasteiger partial charge < -0.3 is 24.4 Å². The van der Waals surface area contributed by atoms with Crippen molar-refractivity contribution in [2.45, 2.75) is 39.7 Å². The van der Waals surface area contributed by atoms with Gasteiger partial charge in [-0.15, -0.1) is 0 Å². The number of aliphatic carboxylic acids is 1. The maximum absolute atomic E-state index is 12.7. The first-order chi connectivity index (χ1) is 15.7. The van der Waals surface area contributed by atoms with E-state index in [0.29, 0.717) is 33.2 Å². The number of carboxylic acids is 1. The van der Waals surface area contributed by atoms with Crippen molar-refractivity contribution in [3.05, 3.63) is 74.8 Å². The molecule has 1 atom stereocenters. The summed E-state index contributed by atoms with van der Waals surface area (Å²) in [7, 11) is 0. The van der Waals surface area contributed by atoms with Crippen molar-refractivity contribution < 1.29 is 28.6 Å². The summed E-state index contributed by atoms with van der Waals surface area (Å²) < 4.78 is 11.1. The number of carbonyl (C=O) groups excluding carboxylic acids is 1. The summed E-state index contributed by atoms with van der Waals surface area (Å²) in [4.78, 5) is 37.1. The highest BCUT2D eigenvalue weighted by molar-refractivity contribution is 6.00. The predicted octanol–water partition coefficient (Wildman–Crippen LogP) is 3.52. The van der Waals surface area contributed by atoms with Crippen LogP contribution in [0.2, 0.25) is 0 Å². The van der Waals surface area contributed by atoms with Crippen LogP contribution in [0.5, 0.6) is 5.75 Å². The molecule has 0 aliphatic carbocycles. The Morgan fingerprint density at radius 3 is 2.39 bits per heavy atom. The van der Waals surface area contributed by atoms with Crippen LogP contribution in [0.15, 0.2) is 50.2 Å². The Morgan fingerprint density at radius 1 is 1.03 bits per heavy atom. The molecular weight excluding hydrogens is 426 g/mol. The van der Waals surface area contributed by atoms with Crippen molar-refractivity contribution in [1.29, 1.82) is 0 Å². The third kappa shape index (κ3) is 4.19. The van der Waals surface area contributed by atoms with Crippen LogP contribution in [0.3, 0.4) is 0 Å². The molecule has 3 N–H and O–H groups in total. The van der Waals surface area contributed by atoms with Crippen LogP contribution in [-0.4, -0.2) is 28.1 Å². The van der Waals surface area contributed by atoms with Crippen LogP contribution in [0.1, 0.15) is 27.8 Å². The number of carboxylic acid groups (broad SMARTS) is 1.